The van der Waals surface area contributed by atoms with Crippen molar-refractivity contribution in [1.82, 2.24) is 9.80 Å². The minimum Gasteiger partial charge on any atom is -0.508 e. The summed E-state index contributed by atoms with van der Waals surface area (Å²) in [6.07, 6.45) is 5.27. The molecule has 1 amide bonds. The smallest absolute Gasteiger partial charge is 0.253 e. The molecule has 1 N–H and O–H groups in total. The van der Waals surface area contributed by atoms with Crippen molar-refractivity contribution in [2.75, 3.05) is 37.6 Å². The number of phenols is 1. The number of anilines is 2. The van der Waals surface area contributed by atoms with Crippen LogP contribution >= 0.6 is 0 Å². The number of fused-ring (bicyclic) bond motifs is 1. The Bertz CT molecular complexity index is 1160. The van der Waals surface area contributed by atoms with Crippen LogP contribution in [0.15, 0.2) is 78.9 Å². The monoisotopic (exact) mass is 439 g/mol. The zero-order chi connectivity index (χ0) is 22.6. The molecule has 1 fully saturated rings. The molecular weight excluding hydrogens is 410 g/mol. The van der Waals surface area contributed by atoms with Crippen molar-refractivity contribution in [2.24, 2.45) is 0 Å². The van der Waals surface area contributed by atoms with Crippen LogP contribution in [0.4, 0.5) is 11.4 Å². The third kappa shape index (κ3) is 4.78. The van der Waals surface area contributed by atoms with Crippen LogP contribution in [0.5, 0.6) is 5.75 Å². The molecule has 0 spiro atoms. The Morgan fingerprint density at radius 1 is 0.879 bits per heavy atom. The van der Waals surface area contributed by atoms with Crippen LogP contribution in [0.25, 0.3) is 6.08 Å². The Morgan fingerprint density at radius 2 is 1.73 bits per heavy atom. The maximum absolute atomic E-state index is 13.2. The first kappa shape index (κ1) is 21.3. The van der Waals surface area contributed by atoms with Crippen molar-refractivity contribution in [1.29, 1.82) is 0 Å². The summed E-state index contributed by atoms with van der Waals surface area (Å²) in [4.78, 5) is 19.8. The summed E-state index contributed by atoms with van der Waals surface area (Å²) in [5.74, 6) is 0.395. The number of carbonyl (C=O) groups excluding carboxylic acids is 1. The first-order valence-electron chi connectivity index (χ1n) is 11.6. The molecule has 5 heteroatoms. The van der Waals surface area contributed by atoms with Crippen molar-refractivity contribution in [3.8, 4) is 5.75 Å². The van der Waals surface area contributed by atoms with Gasteiger partial charge in [0.05, 0.1) is 0 Å². The van der Waals surface area contributed by atoms with Crippen LogP contribution in [0.2, 0.25) is 0 Å². The summed E-state index contributed by atoms with van der Waals surface area (Å²) in [5, 5.41) is 9.71. The van der Waals surface area contributed by atoms with E-state index in [4.69, 9.17) is 0 Å². The van der Waals surface area contributed by atoms with E-state index in [9.17, 15) is 9.90 Å². The Hall–Kier alpha value is -3.57. The van der Waals surface area contributed by atoms with Gasteiger partial charge in [-0.2, -0.15) is 0 Å². The highest BCUT2D eigenvalue weighted by molar-refractivity contribution is 5.94. The molecule has 0 unspecified atom stereocenters. The maximum Gasteiger partial charge on any atom is 0.253 e. The zero-order valence-corrected chi connectivity index (χ0v) is 18.7. The number of phenolic OH excluding ortho intramolecular Hbond substituents is 1. The van der Waals surface area contributed by atoms with Crippen molar-refractivity contribution in [3.05, 3.63) is 95.6 Å². The molecular formula is C28H29N3O2. The highest BCUT2D eigenvalue weighted by Crippen LogP contribution is 2.32. The highest BCUT2D eigenvalue weighted by Gasteiger charge is 2.21. The summed E-state index contributed by atoms with van der Waals surface area (Å²) in [7, 11) is 0. The molecule has 0 atom stereocenters. The van der Waals surface area contributed by atoms with E-state index in [1.165, 1.54) is 11.3 Å². The lowest BCUT2D eigenvalue weighted by molar-refractivity contribution is 0.0761. The van der Waals surface area contributed by atoms with Crippen molar-refractivity contribution in [3.63, 3.8) is 0 Å². The van der Waals surface area contributed by atoms with Gasteiger partial charge in [-0.1, -0.05) is 42.5 Å². The van der Waals surface area contributed by atoms with Gasteiger partial charge in [0, 0.05) is 56.2 Å². The Kier molecular flexibility index (Phi) is 6.13. The van der Waals surface area contributed by atoms with Gasteiger partial charge in [-0.25, -0.2) is 0 Å². The average Bonchev–Trinajstić information content (AvgIpc) is 3.09. The molecule has 0 radical (unpaired) electrons. The van der Waals surface area contributed by atoms with Crippen molar-refractivity contribution in [2.45, 2.75) is 13.0 Å². The molecule has 33 heavy (non-hydrogen) atoms. The number of amides is 1. The number of hydrogen-bond acceptors (Lipinski definition) is 4. The highest BCUT2D eigenvalue weighted by atomic mass is 16.3. The van der Waals surface area contributed by atoms with Crippen LogP contribution in [-0.4, -0.2) is 53.5 Å². The normalized spacial score (nSPS) is 16.4. The van der Waals surface area contributed by atoms with Gasteiger partial charge in [0.25, 0.3) is 5.91 Å². The quantitative estimate of drug-likeness (QED) is 0.628. The second kappa shape index (κ2) is 9.51. The van der Waals surface area contributed by atoms with E-state index in [1.807, 2.05) is 35.2 Å². The Balaban J connectivity index is 1.23. The van der Waals surface area contributed by atoms with Crippen LogP contribution in [-0.2, 0) is 6.54 Å². The van der Waals surface area contributed by atoms with E-state index >= 15 is 0 Å². The number of hydrogen-bond donors (Lipinski definition) is 1. The predicted octanol–water partition coefficient (Wildman–Crippen LogP) is 4.91. The van der Waals surface area contributed by atoms with Crippen LogP contribution in [0.1, 0.15) is 27.9 Å². The zero-order valence-electron chi connectivity index (χ0n) is 18.7. The number of aromatic hydroxyl groups is 1. The molecule has 2 heterocycles. The lowest BCUT2D eigenvalue weighted by Gasteiger charge is -2.28. The molecule has 0 aromatic heterocycles. The van der Waals surface area contributed by atoms with Crippen LogP contribution < -0.4 is 4.90 Å². The molecule has 5 nitrogen and oxygen atoms in total. The minimum absolute atomic E-state index is 0.0969. The van der Waals surface area contributed by atoms with E-state index < -0.39 is 0 Å². The second-order valence-corrected chi connectivity index (χ2v) is 8.71. The van der Waals surface area contributed by atoms with Gasteiger partial charge in [0.15, 0.2) is 0 Å². The van der Waals surface area contributed by atoms with Gasteiger partial charge in [-0.3, -0.25) is 9.69 Å². The Morgan fingerprint density at radius 3 is 2.58 bits per heavy atom. The Labute approximate surface area is 195 Å². The summed E-state index contributed by atoms with van der Waals surface area (Å²) < 4.78 is 0. The molecule has 5 rings (SSSR count). The number of para-hydroxylation sites is 1. The lowest BCUT2D eigenvalue weighted by Crippen LogP contribution is -2.35. The van der Waals surface area contributed by atoms with Gasteiger partial charge >= 0.3 is 0 Å². The lowest BCUT2D eigenvalue weighted by atomic mass is 10.1. The van der Waals surface area contributed by atoms with Gasteiger partial charge < -0.3 is 14.9 Å². The largest absolute Gasteiger partial charge is 0.508 e. The minimum atomic E-state index is 0.0969. The van der Waals surface area contributed by atoms with Gasteiger partial charge in [0.2, 0.25) is 0 Å². The van der Waals surface area contributed by atoms with Crippen LogP contribution in [0, 0.1) is 0 Å². The van der Waals surface area contributed by atoms with E-state index in [-0.39, 0.29) is 5.91 Å². The molecule has 1 saturated heterocycles. The average molecular weight is 440 g/mol. The maximum atomic E-state index is 13.2. The molecule has 168 valence electrons. The SMILES string of the molecule is O=C(c1ccc(N2CC=Cc3ccccc32)cc1)N1CCCN(Cc2cccc(O)c2)CC1. The fraction of sp³-hybridized carbons (Fsp3) is 0.250. The van der Waals surface area contributed by atoms with E-state index in [0.717, 1.165) is 56.0 Å². The third-order valence-corrected chi connectivity index (χ3v) is 6.43. The molecule has 3 aromatic carbocycles. The summed E-state index contributed by atoms with van der Waals surface area (Å²) >= 11 is 0. The summed E-state index contributed by atoms with van der Waals surface area (Å²) in [6, 6.07) is 23.8. The predicted molar refractivity (Wildman–Crippen MR) is 133 cm³/mol. The van der Waals surface area contributed by atoms with Crippen molar-refractivity contribution < 1.29 is 9.90 Å². The fourth-order valence-electron chi connectivity index (χ4n) is 4.71. The first-order chi connectivity index (χ1) is 16.2. The van der Waals surface area contributed by atoms with Crippen LogP contribution in [0.3, 0.4) is 0 Å². The molecule has 2 aliphatic rings. The van der Waals surface area contributed by atoms with Gasteiger partial charge in [-0.05, 0) is 60.0 Å². The molecule has 0 bridgehead atoms. The number of carbonyl (C=O) groups is 1. The number of rotatable bonds is 4. The van der Waals surface area contributed by atoms with E-state index in [1.54, 1.807) is 6.07 Å². The third-order valence-electron chi connectivity index (χ3n) is 6.43. The molecule has 3 aromatic rings. The van der Waals surface area contributed by atoms with Gasteiger partial charge in [0.1, 0.15) is 5.75 Å². The summed E-state index contributed by atoms with van der Waals surface area (Å²) in [6.45, 7) is 4.87. The molecule has 2 aliphatic heterocycles. The topological polar surface area (TPSA) is 47.0 Å². The fourth-order valence-corrected chi connectivity index (χ4v) is 4.71. The second-order valence-electron chi connectivity index (χ2n) is 8.71. The van der Waals surface area contributed by atoms with Gasteiger partial charge in [-0.15, -0.1) is 0 Å². The molecule has 0 aliphatic carbocycles. The first-order valence-corrected chi connectivity index (χ1v) is 11.6. The van der Waals surface area contributed by atoms with E-state index in [2.05, 4.69) is 58.4 Å². The standard InChI is InChI=1S/C28H29N3O2/c32-26-9-3-6-22(20-26)21-29-15-5-16-30(19-18-29)28(33)24-11-13-25(14-12-24)31-17-4-8-23-7-1-2-10-27(23)31/h1-4,6-14,20,32H,5,15-19,21H2. The van der Waals surface area contributed by atoms with E-state index in [0.29, 0.717) is 12.3 Å². The number of benzene rings is 3. The molecule has 0 saturated carbocycles. The van der Waals surface area contributed by atoms with Crippen molar-refractivity contribution >= 4 is 23.4 Å². The summed E-state index contributed by atoms with van der Waals surface area (Å²) in [5.41, 5.74) is 5.33. The number of nitrogens with zero attached hydrogens (tertiary/aromatic N) is 3.